The predicted molar refractivity (Wildman–Crippen MR) is 112 cm³/mol. The molecule has 0 spiro atoms. The molecule has 3 aromatic rings. The van der Waals surface area contributed by atoms with Crippen molar-refractivity contribution in [2.24, 2.45) is 0 Å². The summed E-state index contributed by atoms with van der Waals surface area (Å²) >= 11 is 5.99. The summed E-state index contributed by atoms with van der Waals surface area (Å²) < 4.78 is 1.61. The van der Waals surface area contributed by atoms with Crippen molar-refractivity contribution in [2.45, 2.75) is 18.9 Å². The summed E-state index contributed by atoms with van der Waals surface area (Å²) in [5.41, 5.74) is 2.67. The Balaban J connectivity index is 1.65. The van der Waals surface area contributed by atoms with E-state index in [9.17, 15) is 9.59 Å². The summed E-state index contributed by atoms with van der Waals surface area (Å²) in [5.74, 6) is -0.417. The molecule has 4 rings (SSSR count). The second kappa shape index (κ2) is 8.09. The van der Waals surface area contributed by atoms with Crippen LogP contribution >= 0.6 is 11.6 Å². The third-order valence-electron chi connectivity index (χ3n) is 4.74. The lowest BCUT2D eigenvalue weighted by molar-refractivity contribution is -0.121. The van der Waals surface area contributed by atoms with Crippen LogP contribution in [0.5, 0.6) is 0 Å². The lowest BCUT2D eigenvalue weighted by atomic mass is 10.1. The fourth-order valence-corrected chi connectivity index (χ4v) is 3.17. The standard InChI is InChI=1S/C22H21ClN4O2/c1-26(14-21(28)24-17-11-12-17)22(29)20-13-19(15-7-9-16(23)10-8-15)25-27(20)18-5-3-2-4-6-18/h2-10,13,17H,11-12,14H2,1H3,(H,24,28). The van der Waals surface area contributed by atoms with E-state index in [2.05, 4.69) is 10.4 Å². The summed E-state index contributed by atoms with van der Waals surface area (Å²) in [6.45, 7) is 0.00554. The first-order valence-electron chi connectivity index (χ1n) is 9.47. The molecule has 6 nitrogen and oxygen atoms in total. The van der Waals surface area contributed by atoms with Crippen molar-refractivity contribution in [1.29, 1.82) is 0 Å². The lowest BCUT2D eigenvalue weighted by Crippen LogP contribution is -2.39. The van der Waals surface area contributed by atoms with E-state index in [0.29, 0.717) is 16.4 Å². The van der Waals surface area contributed by atoms with E-state index >= 15 is 0 Å². The molecule has 1 saturated carbocycles. The van der Waals surface area contributed by atoms with Gasteiger partial charge in [0.25, 0.3) is 5.91 Å². The maximum Gasteiger partial charge on any atom is 0.272 e. The number of likely N-dealkylation sites (N-methyl/N-ethyl adjacent to an activating group) is 1. The SMILES string of the molecule is CN(CC(=O)NC1CC1)C(=O)c1cc(-c2ccc(Cl)cc2)nn1-c1ccccc1. The summed E-state index contributed by atoms with van der Waals surface area (Å²) in [6, 6.07) is 18.8. The highest BCUT2D eigenvalue weighted by atomic mass is 35.5. The second-order valence-electron chi connectivity index (χ2n) is 7.17. The second-order valence-corrected chi connectivity index (χ2v) is 7.61. The van der Waals surface area contributed by atoms with Crippen molar-refractivity contribution in [1.82, 2.24) is 20.0 Å². The highest BCUT2D eigenvalue weighted by Gasteiger charge is 2.26. The van der Waals surface area contributed by atoms with Gasteiger partial charge in [0.15, 0.2) is 0 Å². The van der Waals surface area contributed by atoms with Crippen molar-refractivity contribution in [3.63, 3.8) is 0 Å². The molecule has 1 aromatic heterocycles. The normalized spacial score (nSPS) is 13.2. The van der Waals surface area contributed by atoms with E-state index in [4.69, 9.17) is 11.6 Å². The number of rotatable bonds is 6. The van der Waals surface area contributed by atoms with Crippen LogP contribution in [0, 0.1) is 0 Å². The van der Waals surface area contributed by atoms with Crippen LogP contribution in [0.25, 0.3) is 16.9 Å². The Bertz CT molecular complexity index is 1030. The zero-order valence-electron chi connectivity index (χ0n) is 16.0. The first-order chi connectivity index (χ1) is 14.0. The minimum Gasteiger partial charge on any atom is -0.352 e. The molecule has 1 N–H and O–H groups in total. The van der Waals surface area contributed by atoms with E-state index < -0.39 is 0 Å². The molecule has 0 radical (unpaired) electrons. The van der Waals surface area contributed by atoms with E-state index in [1.807, 2.05) is 42.5 Å². The van der Waals surface area contributed by atoms with Crippen LogP contribution in [0.1, 0.15) is 23.3 Å². The molecule has 1 aliphatic rings. The Labute approximate surface area is 174 Å². The molecule has 7 heteroatoms. The molecule has 29 heavy (non-hydrogen) atoms. The number of amides is 2. The molecular formula is C22H21ClN4O2. The fourth-order valence-electron chi connectivity index (χ4n) is 3.04. The van der Waals surface area contributed by atoms with Gasteiger partial charge in [-0.05, 0) is 43.2 Å². The number of carbonyl (C=O) groups excluding carboxylic acids is 2. The van der Waals surface area contributed by atoms with Gasteiger partial charge in [-0.25, -0.2) is 4.68 Å². The molecule has 0 saturated heterocycles. The topological polar surface area (TPSA) is 67.2 Å². The largest absolute Gasteiger partial charge is 0.352 e. The summed E-state index contributed by atoms with van der Waals surface area (Å²) in [7, 11) is 1.62. The maximum absolute atomic E-state index is 13.1. The number of benzene rings is 2. The highest BCUT2D eigenvalue weighted by molar-refractivity contribution is 6.30. The van der Waals surface area contributed by atoms with Crippen LogP contribution in [0.3, 0.4) is 0 Å². The number of hydrogen-bond acceptors (Lipinski definition) is 3. The van der Waals surface area contributed by atoms with E-state index in [0.717, 1.165) is 24.1 Å². The van der Waals surface area contributed by atoms with Crippen LogP contribution in [0.4, 0.5) is 0 Å². The molecule has 0 unspecified atom stereocenters. The number of aromatic nitrogens is 2. The van der Waals surface area contributed by atoms with Gasteiger partial charge >= 0.3 is 0 Å². The van der Waals surface area contributed by atoms with Crippen LogP contribution in [-0.2, 0) is 4.79 Å². The Morgan fingerprint density at radius 3 is 2.48 bits per heavy atom. The molecule has 1 fully saturated rings. The van der Waals surface area contributed by atoms with Crippen molar-refractivity contribution in [2.75, 3.05) is 13.6 Å². The van der Waals surface area contributed by atoms with Gasteiger partial charge in [-0.2, -0.15) is 5.10 Å². The number of nitrogens with one attached hydrogen (secondary N) is 1. The number of halogens is 1. The monoisotopic (exact) mass is 408 g/mol. The number of para-hydroxylation sites is 1. The Morgan fingerprint density at radius 2 is 1.83 bits per heavy atom. The van der Waals surface area contributed by atoms with Gasteiger partial charge < -0.3 is 10.2 Å². The molecule has 2 amide bonds. The minimum atomic E-state index is -0.271. The number of nitrogens with zero attached hydrogens (tertiary/aromatic N) is 3. The Hall–Kier alpha value is -3.12. The van der Waals surface area contributed by atoms with Crippen molar-refractivity contribution in [3.05, 3.63) is 71.4 Å². The van der Waals surface area contributed by atoms with Gasteiger partial charge in [0.1, 0.15) is 5.69 Å². The molecule has 0 atom stereocenters. The Kier molecular flexibility index (Phi) is 5.36. The highest BCUT2D eigenvalue weighted by Crippen LogP contribution is 2.24. The fraction of sp³-hybridized carbons (Fsp3) is 0.227. The van der Waals surface area contributed by atoms with E-state index in [1.54, 1.807) is 29.9 Å². The maximum atomic E-state index is 13.1. The third-order valence-corrected chi connectivity index (χ3v) is 4.99. The van der Waals surface area contributed by atoms with E-state index in [1.165, 1.54) is 4.90 Å². The first kappa shape index (κ1) is 19.2. The zero-order valence-corrected chi connectivity index (χ0v) is 16.8. The number of carbonyl (C=O) groups is 2. The molecule has 1 aliphatic carbocycles. The third kappa shape index (κ3) is 4.49. The van der Waals surface area contributed by atoms with Gasteiger partial charge in [0.05, 0.1) is 17.9 Å². The van der Waals surface area contributed by atoms with Gasteiger partial charge in [-0.3, -0.25) is 9.59 Å². The molecular weight excluding hydrogens is 388 g/mol. The summed E-state index contributed by atoms with van der Waals surface area (Å²) in [6.07, 6.45) is 2.02. The molecule has 0 bridgehead atoms. The molecule has 2 aromatic carbocycles. The van der Waals surface area contributed by atoms with Gasteiger partial charge in [-0.15, -0.1) is 0 Å². The summed E-state index contributed by atoms with van der Waals surface area (Å²) in [4.78, 5) is 26.7. The lowest BCUT2D eigenvalue weighted by Gasteiger charge is -2.17. The minimum absolute atomic E-state index is 0.00554. The average molecular weight is 409 g/mol. The number of hydrogen-bond donors (Lipinski definition) is 1. The van der Waals surface area contributed by atoms with E-state index in [-0.39, 0.29) is 24.4 Å². The smallest absolute Gasteiger partial charge is 0.272 e. The van der Waals surface area contributed by atoms with Crippen LogP contribution < -0.4 is 5.32 Å². The quantitative estimate of drug-likeness (QED) is 0.678. The van der Waals surface area contributed by atoms with Crippen LogP contribution in [-0.4, -0.2) is 46.1 Å². The molecule has 0 aliphatic heterocycles. The average Bonchev–Trinajstić information content (AvgIpc) is 3.42. The Morgan fingerprint density at radius 1 is 1.14 bits per heavy atom. The summed E-state index contributed by atoms with van der Waals surface area (Å²) in [5, 5.41) is 8.19. The predicted octanol–water partition coefficient (Wildman–Crippen LogP) is 3.54. The molecule has 1 heterocycles. The van der Waals surface area contributed by atoms with Crippen molar-refractivity contribution in [3.8, 4) is 16.9 Å². The van der Waals surface area contributed by atoms with Crippen molar-refractivity contribution < 1.29 is 9.59 Å². The van der Waals surface area contributed by atoms with Crippen molar-refractivity contribution >= 4 is 23.4 Å². The molecule has 148 valence electrons. The van der Waals surface area contributed by atoms with Gasteiger partial charge in [0.2, 0.25) is 5.91 Å². The first-order valence-corrected chi connectivity index (χ1v) is 9.85. The van der Waals surface area contributed by atoms with Gasteiger partial charge in [0, 0.05) is 23.7 Å². The van der Waals surface area contributed by atoms with Gasteiger partial charge in [-0.1, -0.05) is 41.9 Å². The van der Waals surface area contributed by atoms with Crippen LogP contribution in [0.15, 0.2) is 60.7 Å². The zero-order chi connectivity index (χ0) is 20.4. The van der Waals surface area contributed by atoms with Crippen LogP contribution in [0.2, 0.25) is 5.02 Å².